The summed E-state index contributed by atoms with van der Waals surface area (Å²) in [5, 5.41) is 14.9. The number of rotatable bonds is 8. The van der Waals surface area contributed by atoms with Crippen molar-refractivity contribution in [2.75, 3.05) is 14.2 Å². The molecule has 0 radical (unpaired) electrons. The number of ether oxygens (including phenoxy) is 2. The number of aromatic nitrogens is 3. The molecule has 1 aromatic heterocycles. The highest BCUT2D eigenvalue weighted by atomic mass is 19.1. The molecule has 0 aliphatic carbocycles. The molecule has 0 bridgehead atoms. The average Bonchev–Trinajstić information content (AvgIpc) is 3.13. The Hall–Kier alpha value is -3.62. The third-order valence-electron chi connectivity index (χ3n) is 5.20. The van der Waals surface area contributed by atoms with Gasteiger partial charge in [0.2, 0.25) is 0 Å². The van der Waals surface area contributed by atoms with E-state index in [9.17, 15) is 4.39 Å². The van der Waals surface area contributed by atoms with Crippen molar-refractivity contribution in [2.45, 2.75) is 33.0 Å². The van der Waals surface area contributed by atoms with Gasteiger partial charge in [0.15, 0.2) is 23.4 Å². The number of halogens is 1. The minimum atomic E-state index is -0.405. The van der Waals surface area contributed by atoms with Crippen LogP contribution in [0.25, 0.3) is 0 Å². The van der Waals surface area contributed by atoms with Crippen molar-refractivity contribution >= 4 is 5.96 Å². The molecular weight excluding hydrogens is 411 g/mol. The Balaban J connectivity index is 1.76. The summed E-state index contributed by atoms with van der Waals surface area (Å²) in [6.07, 6.45) is 0. The number of methoxy groups -OCH3 is 2. The fourth-order valence-corrected chi connectivity index (χ4v) is 3.06. The Kier molecular flexibility index (Phi) is 7.64. The standard InChI is InChI=1S/C23H29FN6O2/c1-15(18-8-11-21(32-5)20(24)12-18)27-23(26-14-22-29-28-16(2)30(22)3)25-13-17-6-9-19(31-4)10-7-17/h6-12,15H,13-14H2,1-5H3,(H2,25,26,27). The Morgan fingerprint density at radius 2 is 1.88 bits per heavy atom. The Morgan fingerprint density at radius 3 is 2.47 bits per heavy atom. The van der Waals surface area contributed by atoms with Gasteiger partial charge in [0.1, 0.15) is 11.6 Å². The van der Waals surface area contributed by atoms with Gasteiger partial charge in [-0.1, -0.05) is 18.2 Å². The summed E-state index contributed by atoms with van der Waals surface area (Å²) in [5.41, 5.74) is 1.81. The van der Waals surface area contributed by atoms with Gasteiger partial charge < -0.3 is 24.7 Å². The van der Waals surface area contributed by atoms with Gasteiger partial charge in [-0.05, 0) is 49.2 Å². The van der Waals surface area contributed by atoms with E-state index in [1.807, 2.05) is 55.8 Å². The van der Waals surface area contributed by atoms with Crippen LogP contribution >= 0.6 is 0 Å². The quantitative estimate of drug-likeness (QED) is 0.413. The van der Waals surface area contributed by atoms with Gasteiger partial charge in [-0.2, -0.15) is 0 Å². The van der Waals surface area contributed by atoms with Crippen molar-refractivity contribution in [1.29, 1.82) is 0 Å². The molecule has 0 aliphatic rings. The van der Waals surface area contributed by atoms with Crippen LogP contribution < -0.4 is 20.1 Å². The molecule has 1 unspecified atom stereocenters. The van der Waals surface area contributed by atoms with E-state index in [0.717, 1.165) is 28.5 Å². The van der Waals surface area contributed by atoms with Crippen LogP contribution in [0.3, 0.4) is 0 Å². The van der Waals surface area contributed by atoms with E-state index in [0.29, 0.717) is 19.0 Å². The molecule has 1 atom stereocenters. The maximum absolute atomic E-state index is 14.2. The molecule has 0 saturated heterocycles. The summed E-state index contributed by atoms with van der Waals surface area (Å²) in [5.74, 6) is 2.79. The monoisotopic (exact) mass is 440 g/mol. The van der Waals surface area contributed by atoms with E-state index >= 15 is 0 Å². The molecule has 3 rings (SSSR count). The maximum atomic E-state index is 14.2. The second-order valence-electron chi connectivity index (χ2n) is 7.35. The second kappa shape index (κ2) is 10.6. The normalized spacial score (nSPS) is 12.4. The van der Waals surface area contributed by atoms with Crippen molar-refractivity contribution in [3.05, 3.63) is 71.1 Å². The van der Waals surface area contributed by atoms with E-state index in [1.165, 1.54) is 13.2 Å². The van der Waals surface area contributed by atoms with Crippen molar-refractivity contribution in [1.82, 2.24) is 25.4 Å². The van der Waals surface area contributed by atoms with Gasteiger partial charge >= 0.3 is 0 Å². The Bertz CT molecular complexity index is 1060. The van der Waals surface area contributed by atoms with Crippen molar-refractivity contribution in [3.63, 3.8) is 0 Å². The predicted octanol–water partition coefficient (Wildman–Crippen LogP) is 3.28. The van der Waals surface area contributed by atoms with Crippen LogP contribution in [0.15, 0.2) is 47.5 Å². The molecule has 170 valence electrons. The lowest BCUT2D eigenvalue weighted by Crippen LogP contribution is -2.39. The average molecular weight is 441 g/mol. The topological polar surface area (TPSA) is 85.6 Å². The third-order valence-corrected chi connectivity index (χ3v) is 5.20. The van der Waals surface area contributed by atoms with Crippen LogP contribution in [0.1, 0.15) is 35.7 Å². The molecule has 9 heteroatoms. The minimum absolute atomic E-state index is 0.196. The minimum Gasteiger partial charge on any atom is -0.497 e. The van der Waals surface area contributed by atoms with Crippen LogP contribution in [0.5, 0.6) is 11.5 Å². The number of nitrogens with zero attached hydrogens (tertiary/aromatic N) is 4. The smallest absolute Gasteiger partial charge is 0.192 e. The van der Waals surface area contributed by atoms with E-state index in [2.05, 4.69) is 20.8 Å². The summed E-state index contributed by atoms with van der Waals surface area (Å²) in [4.78, 5) is 4.70. The first-order valence-corrected chi connectivity index (χ1v) is 10.3. The summed E-state index contributed by atoms with van der Waals surface area (Å²) in [7, 11) is 5.00. The highest BCUT2D eigenvalue weighted by Crippen LogP contribution is 2.21. The van der Waals surface area contributed by atoms with Crippen molar-refractivity contribution in [2.24, 2.45) is 12.0 Å². The first-order valence-electron chi connectivity index (χ1n) is 10.3. The zero-order chi connectivity index (χ0) is 23.1. The number of aliphatic imine (C=N–C) groups is 1. The lowest BCUT2D eigenvalue weighted by molar-refractivity contribution is 0.386. The van der Waals surface area contributed by atoms with Gasteiger partial charge in [-0.25, -0.2) is 9.38 Å². The van der Waals surface area contributed by atoms with Gasteiger partial charge in [0.05, 0.1) is 33.4 Å². The molecule has 1 heterocycles. The van der Waals surface area contributed by atoms with Crippen LogP contribution in [0, 0.1) is 12.7 Å². The van der Waals surface area contributed by atoms with Gasteiger partial charge in [0, 0.05) is 7.05 Å². The van der Waals surface area contributed by atoms with Crippen LogP contribution in [0.2, 0.25) is 0 Å². The van der Waals surface area contributed by atoms with Crippen molar-refractivity contribution < 1.29 is 13.9 Å². The number of hydrogen-bond acceptors (Lipinski definition) is 5. The lowest BCUT2D eigenvalue weighted by Gasteiger charge is -2.19. The zero-order valence-corrected chi connectivity index (χ0v) is 19.0. The fraction of sp³-hybridized carbons (Fsp3) is 0.348. The first kappa shape index (κ1) is 23.1. The molecule has 8 nitrogen and oxygen atoms in total. The molecule has 0 amide bonds. The summed E-state index contributed by atoms with van der Waals surface area (Å²) in [6, 6.07) is 12.4. The summed E-state index contributed by atoms with van der Waals surface area (Å²) in [6.45, 7) is 4.74. The number of hydrogen-bond donors (Lipinski definition) is 2. The molecule has 2 aromatic carbocycles. The maximum Gasteiger partial charge on any atom is 0.192 e. The third kappa shape index (κ3) is 5.75. The highest BCUT2D eigenvalue weighted by Gasteiger charge is 2.13. The summed E-state index contributed by atoms with van der Waals surface area (Å²) < 4.78 is 26.3. The second-order valence-corrected chi connectivity index (χ2v) is 7.35. The number of guanidine groups is 1. The molecule has 3 aromatic rings. The molecular formula is C23H29FN6O2. The number of nitrogens with one attached hydrogen (secondary N) is 2. The van der Waals surface area contributed by atoms with Crippen molar-refractivity contribution in [3.8, 4) is 11.5 Å². The van der Waals surface area contributed by atoms with E-state index in [1.54, 1.807) is 13.2 Å². The lowest BCUT2D eigenvalue weighted by atomic mass is 10.1. The Labute approximate surface area is 187 Å². The van der Waals surface area contributed by atoms with Crippen LogP contribution in [-0.2, 0) is 20.1 Å². The Morgan fingerprint density at radius 1 is 1.12 bits per heavy atom. The van der Waals surface area contributed by atoms with Gasteiger partial charge in [0.25, 0.3) is 0 Å². The summed E-state index contributed by atoms with van der Waals surface area (Å²) >= 11 is 0. The molecule has 0 saturated carbocycles. The number of aryl methyl sites for hydroxylation is 1. The van der Waals surface area contributed by atoms with Crippen LogP contribution in [0.4, 0.5) is 4.39 Å². The van der Waals surface area contributed by atoms with E-state index < -0.39 is 5.82 Å². The highest BCUT2D eigenvalue weighted by molar-refractivity contribution is 5.80. The SMILES string of the molecule is COc1ccc(CN=C(NCc2nnc(C)n2C)NC(C)c2ccc(OC)c(F)c2)cc1. The van der Waals surface area contributed by atoms with E-state index in [4.69, 9.17) is 14.5 Å². The van der Waals surface area contributed by atoms with Gasteiger partial charge in [-0.3, -0.25) is 0 Å². The van der Waals surface area contributed by atoms with E-state index in [-0.39, 0.29) is 11.8 Å². The molecule has 0 aliphatic heterocycles. The number of benzene rings is 2. The first-order chi connectivity index (χ1) is 15.4. The molecule has 0 fully saturated rings. The zero-order valence-electron chi connectivity index (χ0n) is 19.0. The van der Waals surface area contributed by atoms with Gasteiger partial charge in [-0.15, -0.1) is 10.2 Å². The molecule has 2 N–H and O–H groups in total. The molecule has 32 heavy (non-hydrogen) atoms. The fourth-order valence-electron chi connectivity index (χ4n) is 3.06. The largest absolute Gasteiger partial charge is 0.497 e. The molecule has 0 spiro atoms. The van der Waals surface area contributed by atoms with Crippen LogP contribution in [-0.4, -0.2) is 34.9 Å². The predicted molar refractivity (Wildman–Crippen MR) is 121 cm³/mol.